The standard InChI is InChI=1S/C22H23N3O2S/c1-25(2)15-17-11-9-16(10-12-17)14-23-21(26)18-6-3-4-7-19(18)24-22(27)20-8-5-13-28-20/h3-13H,14-15H2,1-2H3,(H,23,26)(H,24,27). The van der Waals surface area contributed by atoms with Crippen LogP contribution in [0.1, 0.15) is 31.2 Å². The first-order chi connectivity index (χ1) is 13.5. The summed E-state index contributed by atoms with van der Waals surface area (Å²) >= 11 is 1.36. The largest absolute Gasteiger partial charge is 0.348 e. The molecular formula is C22H23N3O2S. The Labute approximate surface area is 169 Å². The first-order valence-corrected chi connectivity index (χ1v) is 9.85. The van der Waals surface area contributed by atoms with Gasteiger partial charge in [-0.1, -0.05) is 42.5 Å². The number of benzene rings is 2. The molecule has 0 atom stereocenters. The highest BCUT2D eigenvalue weighted by molar-refractivity contribution is 7.12. The summed E-state index contributed by atoms with van der Waals surface area (Å²) in [5.41, 5.74) is 3.19. The fraction of sp³-hybridized carbons (Fsp3) is 0.182. The number of carbonyl (C=O) groups is 2. The van der Waals surface area contributed by atoms with Crippen LogP contribution in [0.15, 0.2) is 66.0 Å². The van der Waals surface area contributed by atoms with Crippen molar-refractivity contribution in [3.05, 3.63) is 87.6 Å². The highest BCUT2D eigenvalue weighted by atomic mass is 32.1. The molecule has 28 heavy (non-hydrogen) atoms. The minimum absolute atomic E-state index is 0.216. The predicted octanol–water partition coefficient (Wildman–Crippen LogP) is 3.99. The lowest BCUT2D eigenvalue weighted by atomic mass is 10.1. The second-order valence-corrected chi connectivity index (χ2v) is 7.66. The molecule has 0 saturated carbocycles. The Bertz CT molecular complexity index is 935. The second kappa shape index (κ2) is 9.30. The lowest BCUT2D eigenvalue weighted by Crippen LogP contribution is -2.24. The molecular weight excluding hydrogens is 370 g/mol. The fourth-order valence-electron chi connectivity index (χ4n) is 2.79. The lowest BCUT2D eigenvalue weighted by molar-refractivity contribution is 0.0952. The Morgan fingerprint density at radius 2 is 1.61 bits per heavy atom. The van der Waals surface area contributed by atoms with Gasteiger partial charge >= 0.3 is 0 Å². The van der Waals surface area contributed by atoms with Crippen molar-refractivity contribution in [2.75, 3.05) is 19.4 Å². The molecule has 5 nitrogen and oxygen atoms in total. The van der Waals surface area contributed by atoms with Crippen LogP contribution in [0, 0.1) is 0 Å². The van der Waals surface area contributed by atoms with Crippen LogP contribution >= 0.6 is 11.3 Å². The van der Waals surface area contributed by atoms with Crippen molar-refractivity contribution in [2.45, 2.75) is 13.1 Å². The molecule has 0 fully saturated rings. The molecule has 0 aliphatic heterocycles. The maximum absolute atomic E-state index is 12.7. The van der Waals surface area contributed by atoms with Gasteiger partial charge in [0.2, 0.25) is 0 Å². The number of amides is 2. The fourth-order valence-corrected chi connectivity index (χ4v) is 3.41. The van der Waals surface area contributed by atoms with Gasteiger partial charge in [0.05, 0.1) is 16.1 Å². The van der Waals surface area contributed by atoms with Crippen molar-refractivity contribution in [3.8, 4) is 0 Å². The Balaban J connectivity index is 1.63. The molecule has 0 spiro atoms. The number of hydrogen-bond acceptors (Lipinski definition) is 4. The van der Waals surface area contributed by atoms with E-state index in [1.807, 2.05) is 37.7 Å². The number of thiophene rings is 1. The third-order valence-electron chi connectivity index (χ3n) is 4.14. The van der Waals surface area contributed by atoms with E-state index >= 15 is 0 Å². The number of rotatable bonds is 7. The minimum atomic E-state index is -0.223. The normalized spacial score (nSPS) is 10.7. The van der Waals surface area contributed by atoms with E-state index in [2.05, 4.69) is 27.7 Å². The molecule has 2 aromatic carbocycles. The van der Waals surface area contributed by atoms with E-state index < -0.39 is 0 Å². The Hall–Kier alpha value is -2.96. The van der Waals surface area contributed by atoms with Crippen molar-refractivity contribution in [3.63, 3.8) is 0 Å². The number of hydrogen-bond donors (Lipinski definition) is 2. The van der Waals surface area contributed by atoms with Gasteiger partial charge in [-0.15, -0.1) is 11.3 Å². The summed E-state index contributed by atoms with van der Waals surface area (Å²) < 4.78 is 0. The highest BCUT2D eigenvalue weighted by Crippen LogP contribution is 2.18. The molecule has 0 aliphatic carbocycles. The molecule has 0 aliphatic rings. The average molecular weight is 394 g/mol. The summed E-state index contributed by atoms with van der Waals surface area (Å²) in [6.45, 7) is 1.30. The maximum atomic E-state index is 12.7. The smallest absolute Gasteiger partial charge is 0.265 e. The van der Waals surface area contributed by atoms with Crippen LogP contribution in [0.25, 0.3) is 0 Å². The summed E-state index contributed by atoms with van der Waals surface area (Å²) in [6.07, 6.45) is 0. The minimum Gasteiger partial charge on any atom is -0.348 e. The molecule has 2 amide bonds. The number of carbonyl (C=O) groups excluding carboxylic acids is 2. The van der Waals surface area contributed by atoms with Crippen LogP contribution in [0.5, 0.6) is 0 Å². The van der Waals surface area contributed by atoms with Gasteiger partial charge in [-0.3, -0.25) is 9.59 Å². The molecule has 3 rings (SSSR count). The van der Waals surface area contributed by atoms with Gasteiger partial charge in [0.25, 0.3) is 11.8 Å². The number of nitrogens with zero attached hydrogens (tertiary/aromatic N) is 1. The third kappa shape index (κ3) is 5.28. The zero-order valence-corrected chi connectivity index (χ0v) is 16.8. The SMILES string of the molecule is CN(C)Cc1ccc(CNC(=O)c2ccccc2NC(=O)c2cccs2)cc1. The molecule has 0 radical (unpaired) electrons. The first-order valence-electron chi connectivity index (χ1n) is 8.97. The van der Waals surface area contributed by atoms with Crippen LogP contribution in [0.3, 0.4) is 0 Å². The molecule has 0 saturated heterocycles. The number of para-hydroxylation sites is 1. The van der Waals surface area contributed by atoms with Crippen LogP contribution < -0.4 is 10.6 Å². The Morgan fingerprint density at radius 1 is 0.893 bits per heavy atom. The summed E-state index contributed by atoms with van der Waals surface area (Å²) in [6, 6.07) is 18.8. The summed E-state index contributed by atoms with van der Waals surface area (Å²) in [4.78, 5) is 27.7. The van der Waals surface area contributed by atoms with E-state index in [0.29, 0.717) is 22.7 Å². The topological polar surface area (TPSA) is 61.4 Å². The second-order valence-electron chi connectivity index (χ2n) is 6.71. The third-order valence-corrected chi connectivity index (χ3v) is 5.01. The molecule has 0 unspecified atom stereocenters. The van der Waals surface area contributed by atoms with Gasteiger partial charge in [0.1, 0.15) is 0 Å². The number of nitrogens with one attached hydrogen (secondary N) is 2. The van der Waals surface area contributed by atoms with E-state index in [4.69, 9.17) is 0 Å². The van der Waals surface area contributed by atoms with Gasteiger partial charge in [-0.25, -0.2) is 0 Å². The van der Waals surface area contributed by atoms with Gasteiger partial charge in [0.15, 0.2) is 0 Å². The van der Waals surface area contributed by atoms with Gasteiger partial charge in [0, 0.05) is 13.1 Å². The molecule has 3 aromatic rings. The van der Waals surface area contributed by atoms with Crippen molar-refractivity contribution in [2.24, 2.45) is 0 Å². The van der Waals surface area contributed by atoms with Crippen LogP contribution in [0.2, 0.25) is 0 Å². The van der Waals surface area contributed by atoms with E-state index in [1.54, 1.807) is 30.3 Å². The zero-order valence-electron chi connectivity index (χ0n) is 15.9. The van der Waals surface area contributed by atoms with Gasteiger partial charge < -0.3 is 15.5 Å². The van der Waals surface area contributed by atoms with Crippen LogP contribution in [-0.4, -0.2) is 30.8 Å². The summed E-state index contributed by atoms with van der Waals surface area (Å²) in [7, 11) is 4.06. The first kappa shape index (κ1) is 19.8. The predicted molar refractivity (Wildman–Crippen MR) is 114 cm³/mol. The average Bonchev–Trinajstić information content (AvgIpc) is 3.22. The van der Waals surface area contributed by atoms with Crippen molar-refractivity contribution < 1.29 is 9.59 Å². The van der Waals surface area contributed by atoms with E-state index in [1.165, 1.54) is 16.9 Å². The quantitative estimate of drug-likeness (QED) is 0.638. The molecule has 1 heterocycles. The lowest BCUT2D eigenvalue weighted by Gasteiger charge is -2.12. The van der Waals surface area contributed by atoms with E-state index in [9.17, 15) is 9.59 Å². The summed E-state index contributed by atoms with van der Waals surface area (Å²) in [5.74, 6) is -0.439. The molecule has 2 N–H and O–H groups in total. The van der Waals surface area contributed by atoms with Crippen molar-refractivity contribution in [1.82, 2.24) is 10.2 Å². The van der Waals surface area contributed by atoms with E-state index in [0.717, 1.165) is 12.1 Å². The van der Waals surface area contributed by atoms with E-state index in [-0.39, 0.29) is 11.8 Å². The van der Waals surface area contributed by atoms with Gasteiger partial charge in [-0.2, -0.15) is 0 Å². The highest BCUT2D eigenvalue weighted by Gasteiger charge is 2.14. The maximum Gasteiger partial charge on any atom is 0.265 e. The van der Waals surface area contributed by atoms with Crippen molar-refractivity contribution >= 4 is 28.8 Å². The van der Waals surface area contributed by atoms with Gasteiger partial charge in [-0.05, 0) is 48.8 Å². The Kier molecular flexibility index (Phi) is 6.57. The summed E-state index contributed by atoms with van der Waals surface area (Å²) in [5, 5.41) is 7.59. The van der Waals surface area contributed by atoms with Crippen LogP contribution in [-0.2, 0) is 13.1 Å². The van der Waals surface area contributed by atoms with Crippen LogP contribution in [0.4, 0.5) is 5.69 Å². The molecule has 0 bridgehead atoms. The number of anilines is 1. The van der Waals surface area contributed by atoms with Crippen molar-refractivity contribution in [1.29, 1.82) is 0 Å². The molecule has 144 valence electrons. The zero-order chi connectivity index (χ0) is 19.9. The Morgan fingerprint density at radius 3 is 2.29 bits per heavy atom. The monoisotopic (exact) mass is 393 g/mol. The molecule has 6 heteroatoms. The molecule has 1 aromatic heterocycles.